The van der Waals surface area contributed by atoms with Crippen LogP contribution in [0.15, 0.2) is 11.2 Å². The van der Waals surface area contributed by atoms with Gasteiger partial charge in [0.05, 0.1) is 12.6 Å². The fraction of sp³-hybridized carbons (Fsp3) is 0.667. The van der Waals surface area contributed by atoms with Gasteiger partial charge in [-0.2, -0.15) is 0 Å². The fourth-order valence-electron chi connectivity index (χ4n) is 2.08. The summed E-state index contributed by atoms with van der Waals surface area (Å²) >= 11 is 1.66. The molecule has 0 saturated carbocycles. The van der Waals surface area contributed by atoms with Gasteiger partial charge in [0.2, 0.25) is 0 Å². The van der Waals surface area contributed by atoms with E-state index in [1.54, 1.807) is 23.3 Å². The predicted molar refractivity (Wildman–Crippen MR) is 107 cm³/mol. The number of aliphatic imine (C=N–C) groups is 1. The molecule has 1 saturated heterocycles. The van der Waals surface area contributed by atoms with E-state index in [9.17, 15) is 4.79 Å². The van der Waals surface area contributed by atoms with Crippen molar-refractivity contribution in [1.82, 2.24) is 20.5 Å². The standard InChI is InChI=1S/C15H25N5O2S.HI/c1-10-6-17-12(23-10)7-18-13(16-5)19-11-8-20(9-11)14(21)22-15(2,3)4;/h6,11H,7-9H2,1-5H3,(H2,16,18,19);1H. The van der Waals surface area contributed by atoms with E-state index >= 15 is 0 Å². The number of hydrogen-bond donors (Lipinski definition) is 2. The molecule has 0 unspecified atom stereocenters. The highest BCUT2D eigenvalue weighted by Gasteiger charge is 2.34. The van der Waals surface area contributed by atoms with Crippen molar-refractivity contribution in [2.45, 2.75) is 45.9 Å². The minimum Gasteiger partial charge on any atom is -0.444 e. The first-order valence-corrected chi connectivity index (χ1v) is 8.45. The molecule has 1 aliphatic rings. The fourth-order valence-corrected chi connectivity index (χ4v) is 2.80. The summed E-state index contributed by atoms with van der Waals surface area (Å²) in [6.07, 6.45) is 1.60. The van der Waals surface area contributed by atoms with Crippen molar-refractivity contribution in [3.8, 4) is 0 Å². The topological polar surface area (TPSA) is 78.9 Å². The van der Waals surface area contributed by atoms with Crippen LogP contribution >= 0.6 is 35.3 Å². The maximum Gasteiger partial charge on any atom is 0.410 e. The van der Waals surface area contributed by atoms with Crippen LogP contribution in [0.3, 0.4) is 0 Å². The van der Waals surface area contributed by atoms with Gasteiger partial charge in [-0.3, -0.25) is 4.99 Å². The number of aryl methyl sites for hydroxylation is 1. The number of thiazole rings is 1. The van der Waals surface area contributed by atoms with Gasteiger partial charge < -0.3 is 20.3 Å². The zero-order chi connectivity index (χ0) is 17.0. The number of nitrogens with zero attached hydrogens (tertiary/aromatic N) is 3. The molecule has 0 spiro atoms. The summed E-state index contributed by atoms with van der Waals surface area (Å²) in [5, 5.41) is 7.55. The van der Waals surface area contributed by atoms with Gasteiger partial charge in [0.15, 0.2) is 5.96 Å². The van der Waals surface area contributed by atoms with Gasteiger partial charge in [-0.1, -0.05) is 0 Å². The van der Waals surface area contributed by atoms with Crippen molar-refractivity contribution in [1.29, 1.82) is 0 Å². The third kappa shape index (κ3) is 6.42. The lowest BCUT2D eigenvalue weighted by Crippen LogP contribution is -2.63. The second-order valence-electron chi connectivity index (χ2n) is 6.52. The molecule has 2 N–H and O–H groups in total. The maximum absolute atomic E-state index is 11.9. The Balaban J connectivity index is 0.00000288. The molecule has 1 aliphatic heterocycles. The summed E-state index contributed by atoms with van der Waals surface area (Å²) in [5.41, 5.74) is -0.459. The van der Waals surface area contributed by atoms with Crippen LogP contribution in [0.25, 0.3) is 0 Å². The zero-order valence-electron chi connectivity index (χ0n) is 14.8. The predicted octanol–water partition coefficient (Wildman–Crippen LogP) is 2.35. The highest BCUT2D eigenvalue weighted by molar-refractivity contribution is 14.0. The number of hydrogen-bond acceptors (Lipinski definition) is 5. The van der Waals surface area contributed by atoms with Crippen molar-refractivity contribution in [3.05, 3.63) is 16.1 Å². The molecule has 1 aromatic heterocycles. The minimum absolute atomic E-state index is 0. The number of guanidine groups is 1. The van der Waals surface area contributed by atoms with E-state index < -0.39 is 5.60 Å². The number of halogens is 1. The molecular formula is C15H26IN5O2S. The third-order valence-electron chi connectivity index (χ3n) is 3.17. The normalized spacial score (nSPS) is 15.4. The van der Waals surface area contributed by atoms with Crippen LogP contribution in [-0.2, 0) is 11.3 Å². The Labute approximate surface area is 164 Å². The lowest BCUT2D eigenvalue weighted by Gasteiger charge is -2.40. The van der Waals surface area contributed by atoms with E-state index in [-0.39, 0.29) is 36.1 Å². The van der Waals surface area contributed by atoms with Crippen LogP contribution in [0.2, 0.25) is 0 Å². The number of carbonyl (C=O) groups excluding carboxylic acids is 1. The molecule has 0 radical (unpaired) electrons. The van der Waals surface area contributed by atoms with Gasteiger partial charge in [0, 0.05) is 31.2 Å². The van der Waals surface area contributed by atoms with E-state index in [0.29, 0.717) is 25.6 Å². The lowest BCUT2D eigenvalue weighted by molar-refractivity contribution is 0.00701. The summed E-state index contributed by atoms with van der Waals surface area (Å²) in [6, 6.07) is 0.187. The summed E-state index contributed by atoms with van der Waals surface area (Å²) in [7, 11) is 1.73. The van der Waals surface area contributed by atoms with Gasteiger partial charge in [-0.05, 0) is 27.7 Å². The molecule has 1 aromatic rings. The molecule has 24 heavy (non-hydrogen) atoms. The monoisotopic (exact) mass is 467 g/mol. The number of aromatic nitrogens is 1. The summed E-state index contributed by atoms with van der Waals surface area (Å²) in [4.78, 5) is 23.3. The molecule has 0 aromatic carbocycles. The Morgan fingerprint density at radius 2 is 2.17 bits per heavy atom. The number of nitrogens with one attached hydrogen (secondary N) is 2. The quantitative estimate of drug-likeness (QED) is 0.406. The second-order valence-corrected chi connectivity index (χ2v) is 7.84. The van der Waals surface area contributed by atoms with Crippen LogP contribution in [-0.4, -0.2) is 53.7 Å². The average Bonchev–Trinajstić information content (AvgIpc) is 2.80. The molecule has 0 aliphatic carbocycles. The lowest BCUT2D eigenvalue weighted by atomic mass is 10.1. The summed E-state index contributed by atoms with van der Waals surface area (Å²) in [5.74, 6) is 0.715. The van der Waals surface area contributed by atoms with Crippen molar-refractivity contribution in [2.24, 2.45) is 4.99 Å². The Hall–Kier alpha value is -1.10. The van der Waals surface area contributed by atoms with Gasteiger partial charge in [-0.25, -0.2) is 9.78 Å². The number of carbonyl (C=O) groups is 1. The summed E-state index contributed by atoms with van der Waals surface area (Å²) < 4.78 is 5.34. The number of likely N-dealkylation sites (tertiary alicyclic amines) is 1. The molecule has 9 heteroatoms. The molecule has 7 nitrogen and oxygen atoms in total. The Kier molecular flexibility index (Phi) is 7.71. The van der Waals surface area contributed by atoms with E-state index in [0.717, 1.165) is 5.01 Å². The van der Waals surface area contributed by atoms with Crippen molar-refractivity contribution in [3.63, 3.8) is 0 Å². The second kappa shape index (κ2) is 8.84. The van der Waals surface area contributed by atoms with E-state index in [1.807, 2.05) is 33.9 Å². The molecule has 0 atom stereocenters. The number of rotatable bonds is 3. The van der Waals surface area contributed by atoms with E-state index in [2.05, 4.69) is 20.6 Å². The molecular weight excluding hydrogens is 441 g/mol. The Morgan fingerprint density at radius 1 is 1.50 bits per heavy atom. The number of amides is 1. The van der Waals surface area contributed by atoms with Crippen LogP contribution in [0, 0.1) is 6.92 Å². The maximum atomic E-state index is 11.9. The SMILES string of the molecule is CN=C(NCc1ncc(C)s1)NC1CN(C(=O)OC(C)(C)C)C1.I. The van der Waals surface area contributed by atoms with Crippen molar-refractivity contribution in [2.75, 3.05) is 20.1 Å². The molecule has 1 fully saturated rings. The smallest absolute Gasteiger partial charge is 0.410 e. The average molecular weight is 467 g/mol. The molecule has 2 rings (SSSR count). The molecule has 136 valence electrons. The van der Waals surface area contributed by atoms with E-state index in [1.165, 1.54) is 4.88 Å². The van der Waals surface area contributed by atoms with E-state index in [4.69, 9.17) is 4.74 Å². The first kappa shape index (κ1) is 20.9. The zero-order valence-corrected chi connectivity index (χ0v) is 17.9. The minimum atomic E-state index is -0.459. The molecule has 1 amide bonds. The van der Waals surface area contributed by atoms with Gasteiger partial charge in [0.25, 0.3) is 0 Å². The molecule has 2 heterocycles. The third-order valence-corrected chi connectivity index (χ3v) is 4.09. The van der Waals surface area contributed by atoms with Gasteiger partial charge >= 0.3 is 6.09 Å². The van der Waals surface area contributed by atoms with Gasteiger partial charge in [-0.15, -0.1) is 35.3 Å². The Morgan fingerprint density at radius 3 is 2.67 bits per heavy atom. The van der Waals surface area contributed by atoms with Crippen LogP contribution in [0.4, 0.5) is 4.79 Å². The number of ether oxygens (including phenoxy) is 1. The first-order valence-electron chi connectivity index (χ1n) is 7.63. The van der Waals surface area contributed by atoms with Crippen LogP contribution in [0.1, 0.15) is 30.7 Å². The van der Waals surface area contributed by atoms with Crippen molar-refractivity contribution < 1.29 is 9.53 Å². The highest BCUT2D eigenvalue weighted by atomic mass is 127. The van der Waals surface area contributed by atoms with Crippen LogP contribution in [0.5, 0.6) is 0 Å². The van der Waals surface area contributed by atoms with Crippen molar-refractivity contribution >= 4 is 47.4 Å². The van der Waals surface area contributed by atoms with Crippen LogP contribution < -0.4 is 10.6 Å². The highest BCUT2D eigenvalue weighted by Crippen LogP contribution is 2.15. The first-order chi connectivity index (χ1) is 10.8. The van der Waals surface area contributed by atoms with Gasteiger partial charge in [0.1, 0.15) is 10.6 Å². The largest absolute Gasteiger partial charge is 0.444 e. The summed E-state index contributed by atoms with van der Waals surface area (Å²) in [6.45, 7) is 9.51. The Bertz CT molecular complexity index is 579. The molecule has 0 bridgehead atoms.